The smallest absolute Gasteiger partial charge is 0.418 e. The number of alkyl halides is 3. The molecule has 1 heterocycles. The minimum atomic E-state index is -4.55. The molecule has 2 atom stereocenters. The molecule has 1 aliphatic heterocycles. The average molecular weight is 531 g/mol. The van der Waals surface area contributed by atoms with Crippen LogP contribution in [0, 0.1) is 0 Å². The number of benzene rings is 2. The van der Waals surface area contributed by atoms with Gasteiger partial charge in [-0.05, 0) is 74.7 Å². The zero-order chi connectivity index (χ0) is 26.7. The quantitative estimate of drug-likeness (QED) is 0.341. The lowest BCUT2D eigenvalue weighted by atomic mass is 9.88. The molecule has 0 saturated carbocycles. The molecule has 10 heteroatoms. The maximum absolute atomic E-state index is 13.5. The first-order valence-electron chi connectivity index (χ1n) is 11.6. The van der Waals surface area contributed by atoms with Gasteiger partial charge in [-0.15, -0.1) is 0 Å². The van der Waals surface area contributed by atoms with Gasteiger partial charge in [0.05, 0.1) is 23.8 Å². The van der Waals surface area contributed by atoms with E-state index in [1.807, 2.05) is 0 Å². The molecule has 0 aliphatic carbocycles. The summed E-state index contributed by atoms with van der Waals surface area (Å²) in [6, 6.07) is 9.45. The van der Waals surface area contributed by atoms with Crippen molar-refractivity contribution in [2.24, 2.45) is 0 Å². The Hall–Kier alpha value is -2.65. The fourth-order valence-electron chi connectivity index (χ4n) is 3.81. The van der Waals surface area contributed by atoms with Crippen LogP contribution in [0.2, 0.25) is 5.02 Å². The van der Waals surface area contributed by atoms with E-state index in [1.165, 1.54) is 13.0 Å². The van der Waals surface area contributed by atoms with Gasteiger partial charge in [0.25, 0.3) is 0 Å². The molecule has 2 aromatic rings. The first-order chi connectivity index (χ1) is 16.7. The van der Waals surface area contributed by atoms with Crippen molar-refractivity contribution in [2.75, 3.05) is 13.2 Å². The molecule has 0 fully saturated rings. The van der Waals surface area contributed by atoms with Gasteiger partial charge < -0.3 is 24.1 Å². The van der Waals surface area contributed by atoms with Gasteiger partial charge in [0, 0.05) is 12.8 Å². The van der Waals surface area contributed by atoms with Crippen molar-refractivity contribution >= 4 is 17.6 Å². The Balaban J connectivity index is 1.54. The topological polar surface area (TPSA) is 74.2 Å². The van der Waals surface area contributed by atoms with E-state index in [-0.39, 0.29) is 17.2 Å². The number of hydrogen-bond acceptors (Lipinski definition) is 5. The van der Waals surface area contributed by atoms with Crippen LogP contribution in [-0.2, 0) is 16.0 Å². The van der Waals surface area contributed by atoms with Gasteiger partial charge in [-0.2, -0.15) is 13.2 Å². The van der Waals surface area contributed by atoms with E-state index in [0.717, 1.165) is 0 Å². The Morgan fingerprint density at radius 2 is 1.75 bits per heavy atom. The molecule has 0 radical (unpaired) electrons. The highest BCUT2D eigenvalue weighted by atomic mass is 35.5. The van der Waals surface area contributed by atoms with Gasteiger partial charge in [0.15, 0.2) is 6.10 Å². The highest BCUT2D eigenvalue weighted by molar-refractivity contribution is 6.32. The summed E-state index contributed by atoms with van der Waals surface area (Å²) in [5.41, 5.74) is -1.78. The minimum absolute atomic E-state index is 0.0116. The number of rotatable bonds is 10. The van der Waals surface area contributed by atoms with Gasteiger partial charge in [-0.25, -0.2) is 4.79 Å². The Labute approximate surface area is 213 Å². The zero-order valence-electron chi connectivity index (χ0n) is 20.6. The van der Waals surface area contributed by atoms with Gasteiger partial charge in [0.2, 0.25) is 5.60 Å². The maximum Gasteiger partial charge on any atom is 0.418 e. The maximum atomic E-state index is 13.5. The van der Waals surface area contributed by atoms with Gasteiger partial charge in [0.1, 0.15) is 17.2 Å². The largest absolute Gasteiger partial charge is 0.493 e. The van der Waals surface area contributed by atoms with E-state index in [4.69, 9.17) is 30.5 Å². The lowest BCUT2D eigenvalue weighted by molar-refractivity contribution is -0.257. The number of halogens is 4. The van der Waals surface area contributed by atoms with Crippen molar-refractivity contribution in [2.45, 2.75) is 70.4 Å². The molecule has 0 aromatic heterocycles. The normalized spacial score (nSPS) is 18.6. The van der Waals surface area contributed by atoms with E-state index >= 15 is 0 Å². The van der Waals surface area contributed by atoms with E-state index in [2.05, 4.69) is 0 Å². The fourth-order valence-corrected chi connectivity index (χ4v) is 4.03. The van der Waals surface area contributed by atoms with Crippen LogP contribution in [-0.4, -0.2) is 41.7 Å². The Morgan fingerprint density at radius 3 is 2.33 bits per heavy atom. The molecule has 0 saturated heterocycles. The highest BCUT2D eigenvalue weighted by Crippen LogP contribution is 2.47. The zero-order valence-corrected chi connectivity index (χ0v) is 21.3. The molecule has 0 spiro atoms. The second kappa shape index (κ2) is 10.8. The highest BCUT2D eigenvalue weighted by Gasteiger charge is 2.48. The lowest BCUT2D eigenvalue weighted by Gasteiger charge is -2.38. The summed E-state index contributed by atoms with van der Waals surface area (Å²) in [5.74, 6) is 0.262. The third-order valence-electron chi connectivity index (χ3n) is 5.94. The molecule has 2 aromatic carbocycles. The number of aliphatic carboxylic acids is 1. The summed E-state index contributed by atoms with van der Waals surface area (Å²) in [6.45, 7) is 7.05. The van der Waals surface area contributed by atoms with Gasteiger partial charge in [-0.3, -0.25) is 0 Å². The third-order valence-corrected chi connectivity index (χ3v) is 6.23. The first-order valence-corrected chi connectivity index (χ1v) is 12.0. The van der Waals surface area contributed by atoms with Gasteiger partial charge >= 0.3 is 12.1 Å². The van der Waals surface area contributed by atoms with Crippen molar-refractivity contribution in [1.29, 1.82) is 0 Å². The summed E-state index contributed by atoms with van der Waals surface area (Å²) in [5, 5.41) is 9.41. The van der Waals surface area contributed by atoms with Crippen molar-refractivity contribution in [3.63, 3.8) is 0 Å². The standard InChI is InChI=1S/C26H30ClF3O6/c1-5-25(4,23(31)32)35-18-9-7-17(8-10-18)33-11-6-12-34-21-13-16-15-24(2,3)36-22(26(28,29)30)19(16)14-20(21)27/h7-10,13-14,22H,5-6,11-12,15H2,1-4H3,(H,31,32). The predicted octanol–water partition coefficient (Wildman–Crippen LogP) is 6.77. The number of hydrogen-bond donors (Lipinski definition) is 1. The van der Waals surface area contributed by atoms with Crippen LogP contribution in [0.1, 0.15) is 57.8 Å². The Bertz CT molecular complexity index is 1070. The first kappa shape index (κ1) is 27.9. The van der Waals surface area contributed by atoms with E-state index < -0.39 is 29.5 Å². The number of carbonyl (C=O) groups is 1. The second-order valence-corrected chi connectivity index (χ2v) is 9.88. The summed E-state index contributed by atoms with van der Waals surface area (Å²) in [6.07, 6.45) is -5.48. The second-order valence-electron chi connectivity index (χ2n) is 9.47. The van der Waals surface area contributed by atoms with Crippen LogP contribution in [0.4, 0.5) is 13.2 Å². The van der Waals surface area contributed by atoms with Crippen LogP contribution in [0.15, 0.2) is 36.4 Å². The molecule has 2 unspecified atom stereocenters. The molecule has 0 bridgehead atoms. The number of carboxylic acids is 1. The van der Waals surface area contributed by atoms with Crippen molar-refractivity contribution in [3.05, 3.63) is 52.5 Å². The predicted molar refractivity (Wildman–Crippen MR) is 128 cm³/mol. The molecule has 1 N–H and O–H groups in total. The minimum Gasteiger partial charge on any atom is -0.493 e. The van der Waals surface area contributed by atoms with E-state index in [1.54, 1.807) is 51.1 Å². The van der Waals surface area contributed by atoms with Crippen LogP contribution in [0.5, 0.6) is 17.2 Å². The molecule has 6 nitrogen and oxygen atoms in total. The molecule has 1 aliphatic rings. The summed E-state index contributed by atoms with van der Waals surface area (Å²) < 4.78 is 62.8. The Morgan fingerprint density at radius 1 is 1.14 bits per heavy atom. The van der Waals surface area contributed by atoms with Gasteiger partial charge in [-0.1, -0.05) is 18.5 Å². The Kier molecular flexibility index (Phi) is 8.35. The molecule has 0 amide bonds. The summed E-state index contributed by atoms with van der Waals surface area (Å²) >= 11 is 6.22. The molecule has 198 valence electrons. The summed E-state index contributed by atoms with van der Waals surface area (Å²) in [4.78, 5) is 11.4. The van der Waals surface area contributed by atoms with Crippen molar-refractivity contribution in [1.82, 2.24) is 0 Å². The summed E-state index contributed by atoms with van der Waals surface area (Å²) in [7, 11) is 0. The molecular weight excluding hydrogens is 501 g/mol. The van der Waals surface area contributed by atoms with Crippen LogP contribution < -0.4 is 14.2 Å². The SMILES string of the molecule is CCC(C)(Oc1ccc(OCCCOc2cc3c(cc2Cl)C(C(F)(F)F)OC(C)(C)C3)cc1)C(=O)O. The monoisotopic (exact) mass is 530 g/mol. The van der Waals surface area contributed by atoms with E-state index in [0.29, 0.717) is 48.7 Å². The number of ether oxygens (including phenoxy) is 4. The molecule has 3 rings (SSSR count). The number of fused-ring (bicyclic) bond motifs is 1. The number of carboxylic acid groups (broad SMARTS) is 1. The third kappa shape index (κ3) is 6.76. The van der Waals surface area contributed by atoms with Crippen LogP contribution >= 0.6 is 11.6 Å². The van der Waals surface area contributed by atoms with Crippen molar-refractivity contribution < 1.29 is 42.0 Å². The van der Waals surface area contributed by atoms with Crippen LogP contribution in [0.25, 0.3) is 0 Å². The van der Waals surface area contributed by atoms with Crippen molar-refractivity contribution in [3.8, 4) is 17.2 Å². The average Bonchev–Trinajstić information content (AvgIpc) is 2.78. The van der Waals surface area contributed by atoms with Crippen LogP contribution in [0.3, 0.4) is 0 Å². The molecular formula is C26H30ClF3O6. The van der Waals surface area contributed by atoms with E-state index in [9.17, 15) is 23.1 Å². The fraction of sp³-hybridized carbons (Fsp3) is 0.500. The lowest BCUT2D eigenvalue weighted by Crippen LogP contribution is -2.40. The molecule has 36 heavy (non-hydrogen) atoms.